The van der Waals surface area contributed by atoms with Gasteiger partial charge in [-0.2, -0.15) is 0 Å². The van der Waals surface area contributed by atoms with Crippen molar-refractivity contribution >= 4 is 39.9 Å². The first kappa shape index (κ1) is 25.5. The molecule has 0 bridgehead atoms. The first-order chi connectivity index (χ1) is 17.3. The molecule has 4 rings (SSSR count). The first-order valence-electron chi connectivity index (χ1n) is 11.8. The van der Waals surface area contributed by atoms with E-state index >= 15 is 0 Å². The van der Waals surface area contributed by atoms with Crippen molar-refractivity contribution in [1.29, 1.82) is 0 Å². The second-order valence-electron chi connectivity index (χ2n) is 8.78. The molecule has 0 aliphatic heterocycles. The van der Waals surface area contributed by atoms with Gasteiger partial charge in [0.25, 0.3) is 5.56 Å². The number of nitrogens with one attached hydrogen (secondary N) is 1. The molecular formula is C26H28ClN3O6. The standard InChI is InChI=1S/C26H28ClN3O6/c1-35-22-14-23(36-2)19(13-18(22)27)28-24(32)15-30-20-10-4-3-9-17(20)25(33)29(26(30)34)12-6-11-21(31)16-7-5-8-16/h3-4,9-10,13-14,16H,5-8,11-12,15H2,1-2H3,(H,28,32). The Hall–Kier alpha value is -3.59. The van der Waals surface area contributed by atoms with Gasteiger partial charge in [0.15, 0.2) is 0 Å². The highest BCUT2D eigenvalue weighted by Gasteiger charge is 2.24. The Kier molecular flexibility index (Phi) is 7.79. The number of hydrogen-bond acceptors (Lipinski definition) is 6. The van der Waals surface area contributed by atoms with Gasteiger partial charge in [0.1, 0.15) is 23.8 Å². The maximum absolute atomic E-state index is 13.3. The number of hydrogen-bond donors (Lipinski definition) is 1. The number of amides is 1. The molecular weight excluding hydrogens is 486 g/mol. The van der Waals surface area contributed by atoms with E-state index in [1.165, 1.54) is 24.9 Å². The third-order valence-electron chi connectivity index (χ3n) is 6.55. The molecule has 3 aromatic rings. The Morgan fingerprint density at radius 3 is 2.44 bits per heavy atom. The highest BCUT2D eigenvalue weighted by atomic mass is 35.5. The van der Waals surface area contributed by atoms with Crippen molar-refractivity contribution in [2.24, 2.45) is 5.92 Å². The summed E-state index contributed by atoms with van der Waals surface area (Å²) < 4.78 is 12.9. The number of methoxy groups -OCH3 is 2. The average molecular weight is 514 g/mol. The number of aromatic nitrogens is 2. The molecule has 0 saturated heterocycles. The summed E-state index contributed by atoms with van der Waals surface area (Å²) in [6.07, 6.45) is 3.61. The van der Waals surface area contributed by atoms with Crippen LogP contribution in [0.1, 0.15) is 32.1 Å². The number of carbonyl (C=O) groups is 2. The zero-order chi connectivity index (χ0) is 25.8. The van der Waals surface area contributed by atoms with E-state index in [1.807, 2.05) is 0 Å². The zero-order valence-electron chi connectivity index (χ0n) is 20.2. The lowest BCUT2D eigenvalue weighted by atomic mass is 9.81. The fourth-order valence-corrected chi connectivity index (χ4v) is 4.60. The van der Waals surface area contributed by atoms with Crippen LogP contribution in [0.25, 0.3) is 10.9 Å². The van der Waals surface area contributed by atoms with E-state index in [0.717, 1.165) is 23.8 Å². The van der Waals surface area contributed by atoms with Crippen LogP contribution in [-0.4, -0.2) is 35.0 Å². The second kappa shape index (κ2) is 11.0. The number of carbonyl (C=O) groups excluding carboxylic acids is 2. The Labute approximate surface area is 212 Å². The highest BCUT2D eigenvalue weighted by molar-refractivity contribution is 6.32. The average Bonchev–Trinajstić information content (AvgIpc) is 2.83. The molecule has 1 aliphatic carbocycles. The van der Waals surface area contributed by atoms with Crippen LogP contribution in [-0.2, 0) is 22.7 Å². The van der Waals surface area contributed by atoms with Crippen LogP contribution in [0.2, 0.25) is 5.02 Å². The zero-order valence-corrected chi connectivity index (χ0v) is 21.0. The first-order valence-corrected chi connectivity index (χ1v) is 12.2. The van der Waals surface area contributed by atoms with Gasteiger partial charge in [-0.25, -0.2) is 4.79 Å². The summed E-state index contributed by atoms with van der Waals surface area (Å²) >= 11 is 6.20. The number of rotatable bonds is 10. The maximum atomic E-state index is 13.3. The molecule has 0 radical (unpaired) electrons. The molecule has 0 unspecified atom stereocenters. The molecule has 1 aliphatic rings. The number of halogens is 1. The summed E-state index contributed by atoms with van der Waals surface area (Å²) in [7, 11) is 2.91. The number of ketones is 1. The molecule has 1 heterocycles. The summed E-state index contributed by atoms with van der Waals surface area (Å²) in [5, 5.41) is 3.31. The SMILES string of the molecule is COc1cc(OC)c(NC(=O)Cn2c(=O)n(CCCC(=O)C3CCC3)c(=O)c3ccccc32)cc1Cl. The minimum Gasteiger partial charge on any atom is -0.495 e. The summed E-state index contributed by atoms with van der Waals surface area (Å²) in [4.78, 5) is 51.6. The van der Waals surface area contributed by atoms with E-state index in [4.69, 9.17) is 21.1 Å². The minimum absolute atomic E-state index is 0.102. The highest BCUT2D eigenvalue weighted by Crippen LogP contribution is 2.36. The number of anilines is 1. The Balaban J connectivity index is 1.60. The van der Waals surface area contributed by atoms with Crippen molar-refractivity contribution in [3.63, 3.8) is 0 Å². The molecule has 10 heteroatoms. The number of nitrogens with zero attached hydrogens (tertiary/aromatic N) is 2. The lowest BCUT2D eigenvalue weighted by Gasteiger charge is -2.23. The van der Waals surface area contributed by atoms with Crippen molar-refractivity contribution in [3.05, 3.63) is 62.3 Å². The molecule has 9 nitrogen and oxygen atoms in total. The number of fused-ring (bicyclic) bond motifs is 1. The van der Waals surface area contributed by atoms with Gasteiger partial charge in [-0.1, -0.05) is 30.2 Å². The third kappa shape index (κ3) is 5.16. The predicted octanol–water partition coefficient (Wildman–Crippen LogP) is 3.62. The number of Topliss-reactive ketones (excluding diaryl/α,β-unsaturated/α-hetero) is 1. The van der Waals surface area contributed by atoms with Crippen LogP contribution < -0.4 is 26.0 Å². The van der Waals surface area contributed by atoms with E-state index in [-0.39, 0.29) is 29.8 Å². The van der Waals surface area contributed by atoms with Gasteiger partial charge in [0.2, 0.25) is 5.91 Å². The van der Waals surface area contributed by atoms with Crippen LogP contribution in [0.5, 0.6) is 11.5 Å². The quantitative estimate of drug-likeness (QED) is 0.443. The molecule has 190 valence electrons. The lowest BCUT2D eigenvalue weighted by Crippen LogP contribution is -2.42. The third-order valence-corrected chi connectivity index (χ3v) is 6.84. The monoisotopic (exact) mass is 513 g/mol. The van der Waals surface area contributed by atoms with Gasteiger partial charge < -0.3 is 14.8 Å². The Bertz CT molecular complexity index is 1420. The Morgan fingerprint density at radius 2 is 1.78 bits per heavy atom. The molecule has 1 N–H and O–H groups in total. The van der Waals surface area contributed by atoms with Gasteiger partial charge in [-0.05, 0) is 37.5 Å². The van der Waals surface area contributed by atoms with E-state index in [2.05, 4.69) is 5.32 Å². The van der Waals surface area contributed by atoms with Gasteiger partial charge in [-0.3, -0.25) is 23.5 Å². The van der Waals surface area contributed by atoms with Crippen molar-refractivity contribution < 1.29 is 19.1 Å². The van der Waals surface area contributed by atoms with E-state index in [0.29, 0.717) is 40.9 Å². The fraction of sp³-hybridized carbons (Fsp3) is 0.385. The summed E-state index contributed by atoms with van der Waals surface area (Å²) in [6, 6.07) is 9.69. The van der Waals surface area contributed by atoms with Gasteiger partial charge in [0, 0.05) is 24.9 Å². The largest absolute Gasteiger partial charge is 0.495 e. The summed E-state index contributed by atoms with van der Waals surface area (Å²) in [5.41, 5.74) is -0.380. The fourth-order valence-electron chi connectivity index (χ4n) is 4.36. The molecule has 1 saturated carbocycles. The molecule has 36 heavy (non-hydrogen) atoms. The molecule has 0 spiro atoms. The van der Waals surface area contributed by atoms with E-state index < -0.39 is 17.2 Å². The van der Waals surface area contributed by atoms with Crippen molar-refractivity contribution in [1.82, 2.24) is 9.13 Å². The van der Waals surface area contributed by atoms with E-state index in [1.54, 1.807) is 30.3 Å². The Morgan fingerprint density at radius 1 is 1.06 bits per heavy atom. The smallest absolute Gasteiger partial charge is 0.331 e. The maximum Gasteiger partial charge on any atom is 0.331 e. The summed E-state index contributed by atoms with van der Waals surface area (Å²) in [6.45, 7) is -0.238. The van der Waals surface area contributed by atoms with Crippen LogP contribution in [0.15, 0.2) is 46.0 Å². The number of ether oxygens (including phenoxy) is 2. The van der Waals surface area contributed by atoms with Crippen LogP contribution in [0, 0.1) is 5.92 Å². The predicted molar refractivity (Wildman–Crippen MR) is 137 cm³/mol. The molecule has 1 amide bonds. The lowest BCUT2D eigenvalue weighted by molar-refractivity contribution is -0.125. The molecule has 2 aromatic carbocycles. The normalized spacial score (nSPS) is 13.3. The number of benzene rings is 2. The molecule has 1 aromatic heterocycles. The topological polar surface area (TPSA) is 109 Å². The van der Waals surface area contributed by atoms with Gasteiger partial charge in [-0.15, -0.1) is 0 Å². The van der Waals surface area contributed by atoms with Crippen LogP contribution >= 0.6 is 11.6 Å². The van der Waals surface area contributed by atoms with E-state index in [9.17, 15) is 19.2 Å². The van der Waals surface area contributed by atoms with Gasteiger partial charge >= 0.3 is 5.69 Å². The molecule has 1 fully saturated rings. The van der Waals surface area contributed by atoms with Gasteiger partial charge in [0.05, 0.1) is 35.8 Å². The molecule has 0 atom stereocenters. The number of para-hydroxylation sites is 1. The second-order valence-corrected chi connectivity index (χ2v) is 9.18. The minimum atomic E-state index is -0.607. The van der Waals surface area contributed by atoms with Crippen molar-refractivity contribution in [3.8, 4) is 11.5 Å². The van der Waals surface area contributed by atoms with Crippen LogP contribution in [0.3, 0.4) is 0 Å². The van der Waals surface area contributed by atoms with Crippen molar-refractivity contribution in [2.75, 3.05) is 19.5 Å². The van der Waals surface area contributed by atoms with Crippen molar-refractivity contribution in [2.45, 2.75) is 45.2 Å². The summed E-state index contributed by atoms with van der Waals surface area (Å²) in [5.74, 6) is 0.510. The van der Waals surface area contributed by atoms with Crippen LogP contribution in [0.4, 0.5) is 5.69 Å².